The lowest BCUT2D eigenvalue weighted by molar-refractivity contribution is -0.122. The van der Waals surface area contributed by atoms with Crippen LogP contribution < -0.4 is 10.1 Å². The van der Waals surface area contributed by atoms with Gasteiger partial charge in [-0.1, -0.05) is 34.8 Å². The van der Waals surface area contributed by atoms with E-state index in [4.69, 9.17) is 39.5 Å². The zero-order chi connectivity index (χ0) is 15.4. The molecular weight excluding hydrogens is 335 g/mol. The maximum Gasteiger partial charge on any atom is 0.266 e. The topological polar surface area (TPSA) is 51.2 Å². The van der Waals surface area contributed by atoms with E-state index in [0.29, 0.717) is 26.6 Å². The van der Waals surface area contributed by atoms with Crippen molar-refractivity contribution in [3.63, 3.8) is 0 Å². The molecule has 1 heterocycles. The van der Waals surface area contributed by atoms with E-state index in [-0.39, 0.29) is 5.91 Å². The predicted octanol–water partition coefficient (Wildman–Crippen LogP) is 4.45. The molecule has 0 fully saturated rings. The van der Waals surface area contributed by atoms with E-state index in [1.54, 1.807) is 37.3 Å². The average molecular weight is 346 g/mol. The lowest BCUT2D eigenvalue weighted by Crippen LogP contribution is -2.30. The minimum atomic E-state index is -0.765. The summed E-state index contributed by atoms with van der Waals surface area (Å²) in [6.07, 6.45) is 0.676. The second-order valence-electron chi connectivity index (χ2n) is 4.19. The highest BCUT2D eigenvalue weighted by molar-refractivity contribution is 6.34. The molecule has 1 amide bonds. The van der Waals surface area contributed by atoms with Crippen molar-refractivity contribution in [2.24, 2.45) is 0 Å². The lowest BCUT2D eigenvalue weighted by Gasteiger charge is -2.15. The van der Waals surface area contributed by atoms with Crippen LogP contribution in [-0.4, -0.2) is 17.0 Å². The van der Waals surface area contributed by atoms with Crippen LogP contribution in [0.5, 0.6) is 5.75 Å². The molecule has 1 aromatic heterocycles. The first-order valence-corrected chi connectivity index (χ1v) is 7.13. The first-order chi connectivity index (χ1) is 9.95. The largest absolute Gasteiger partial charge is 0.479 e. The molecule has 7 heteroatoms. The van der Waals surface area contributed by atoms with Crippen molar-refractivity contribution >= 4 is 46.5 Å². The van der Waals surface area contributed by atoms with Crippen molar-refractivity contribution in [2.75, 3.05) is 5.32 Å². The third-order valence-corrected chi connectivity index (χ3v) is 3.32. The van der Waals surface area contributed by atoms with Gasteiger partial charge in [0.25, 0.3) is 5.91 Å². The fourth-order valence-corrected chi connectivity index (χ4v) is 1.93. The summed E-state index contributed by atoms with van der Waals surface area (Å²) >= 11 is 17.6. The third-order valence-electron chi connectivity index (χ3n) is 2.54. The molecule has 0 bridgehead atoms. The van der Waals surface area contributed by atoms with E-state index >= 15 is 0 Å². The van der Waals surface area contributed by atoms with Crippen molar-refractivity contribution in [1.82, 2.24) is 4.98 Å². The molecule has 2 rings (SSSR count). The molecule has 0 saturated carbocycles. The second kappa shape index (κ2) is 6.98. The highest BCUT2D eigenvalue weighted by Crippen LogP contribution is 2.28. The molecule has 0 radical (unpaired) electrons. The van der Waals surface area contributed by atoms with Crippen molar-refractivity contribution in [2.45, 2.75) is 13.0 Å². The summed E-state index contributed by atoms with van der Waals surface area (Å²) in [6, 6.07) is 8.01. The number of hydrogen-bond acceptors (Lipinski definition) is 3. The van der Waals surface area contributed by atoms with Gasteiger partial charge >= 0.3 is 0 Å². The van der Waals surface area contributed by atoms with Crippen LogP contribution in [0, 0.1) is 0 Å². The highest BCUT2D eigenvalue weighted by Gasteiger charge is 2.17. The van der Waals surface area contributed by atoms with Gasteiger partial charge in [0, 0.05) is 17.3 Å². The van der Waals surface area contributed by atoms with E-state index in [0.717, 1.165) is 0 Å². The number of amides is 1. The molecule has 4 nitrogen and oxygen atoms in total. The Bertz CT molecular complexity index is 647. The van der Waals surface area contributed by atoms with E-state index in [2.05, 4.69) is 10.3 Å². The minimum absolute atomic E-state index is 0.343. The van der Waals surface area contributed by atoms with E-state index in [1.165, 1.54) is 6.20 Å². The molecule has 0 aliphatic rings. The minimum Gasteiger partial charge on any atom is -0.479 e. The molecule has 1 atom stereocenters. The Kier molecular flexibility index (Phi) is 5.28. The fourth-order valence-electron chi connectivity index (χ4n) is 1.49. The molecule has 110 valence electrons. The van der Waals surface area contributed by atoms with Gasteiger partial charge < -0.3 is 10.1 Å². The quantitative estimate of drug-likeness (QED) is 0.890. The summed E-state index contributed by atoms with van der Waals surface area (Å²) in [5, 5.41) is 3.95. The molecule has 0 spiro atoms. The Morgan fingerprint density at radius 3 is 2.57 bits per heavy atom. The monoisotopic (exact) mass is 344 g/mol. The van der Waals surface area contributed by atoms with Crippen molar-refractivity contribution < 1.29 is 9.53 Å². The van der Waals surface area contributed by atoms with Crippen LogP contribution in [0.15, 0.2) is 36.5 Å². The number of pyridine rings is 1. The summed E-state index contributed by atoms with van der Waals surface area (Å²) in [5.74, 6) is 0.369. The number of hydrogen-bond donors (Lipinski definition) is 1. The molecule has 0 unspecified atom stereocenters. The van der Waals surface area contributed by atoms with Crippen molar-refractivity contribution in [3.05, 3.63) is 51.6 Å². The van der Waals surface area contributed by atoms with Gasteiger partial charge in [0.2, 0.25) is 0 Å². The van der Waals surface area contributed by atoms with Gasteiger partial charge in [-0.15, -0.1) is 0 Å². The number of aromatic nitrogens is 1. The summed E-state index contributed by atoms with van der Waals surface area (Å²) in [4.78, 5) is 16.0. The number of nitrogens with zero attached hydrogens (tertiary/aromatic N) is 1. The fraction of sp³-hybridized carbons (Fsp3) is 0.143. The summed E-state index contributed by atoms with van der Waals surface area (Å²) in [5.41, 5.74) is 0. The second-order valence-corrected chi connectivity index (χ2v) is 5.47. The smallest absolute Gasteiger partial charge is 0.266 e. The Hall–Kier alpha value is -1.49. The van der Waals surface area contributed by atoms with Gasteiger partial charge in [-0.05, 0) is 31.2 Å². The van der Waals surface area contributed by atoms with Crippen LogP contribution in [0.25, 0.3) is 0 Å². The maximum absolute atomic E-state index is 12.0. The van der Waals surface area contributed by atoms with E-state index < -0.39 is 6.10 Å². The number of benzene rings is 1. The van der Waals surface area contributed by atoms with Crippen LogP contribution in [0.2, 0.25) is 15.1 Å². The van der Waals surface area contributed by atoms with Gasteiger partial charge in [0.1, 0.15) is 11.6 Å². The number of carbonyl (C=O) groups excluding carboxylic acids is 1. The van der Waals surface area contributed by atoms with Gasteiger partial charge in [-0.25, -0.2) is 4.98 Å². The summed E-state index contributed by atoms with van der Waals surface area (Å²) in [7, 11) is 0. The van der Waals surface area contributed by atoms with Gasteiger partial charge in [-0.2, -0.15) is 0 Å². The van der Waals surface area contributed by atoms with E-state index in [1.807, 2.05) is 0 Å². The van der Waals surface area contributed by atoms with E-state index in [9.17, 15) is 4.79 Å². The molecule has 21 heavy (non-hydrogen) atoms. The molecule has 0 saturated heterocycles. The molecule has 1 N–H and O–H groups in total. The number of rotatable bonds is 4. The Labute approximate surface area is 137 Å². The number of ether oxygens (including phenoxy) is 1. The van der Waals surface area contributed by atoms with Gasteiger partial charge in [0.15, 0.2) is 6.10 Å². The lowest BCUT2D eigenvalue weighted by atomic mass is 10.3. The van der Waals surface area contributed by atoms with Crippen LogP contribution in [0.3, 0.4) is 0 Å². The zero-order valence-corrected chi connectivity index (χ0v) is 13.2. The number of carbonyl (C=O) groups is 1. The third kappa shape index (κ3) is 4.49. The maximum atomic E-state index is 12.0. The summed E-state index contributed by atoms with van der Waals surface area (Å²) in [6.45, 7) is 1.60. The Morgan fingerprint density at radius 1 is 1.19 bits per heavy atom. The molecule has 0 aliphatic carbocycles. The average Bonchev–Trinajstić information content (AvgIpc) is 2.45. The van der Waals surface area contributed by atoms with Gasteiger partial charge in [-0.3, -0.25) is 4.79 Å². The normalized spacial score (nSPS) is 11.8. The Morgan fingerprint density at radius 2 is 1.90 bits per heavy atom. The molecule has 0 aliphatic heterocycles. The number of halogens is 3. The standard InChI is InChI=1S/C14H11Cl3N2O2/c1-8(21-12-6-9(15)2-4-11(12)17)14(20)19-13-5-3-10(16)7-18-13/h2-8H,1H3,(H,18,19,20)/t8-/m0/s1. The molecular formula is C14H11Cl3N2O2. The van der Waals surface area contributed by atoms with Crippen molar-refractivity contribution in [3.8, 4) is 5.75 Å². The number of anilines is 1. The first-order valence-electron chi connectivity index (χ1n) is 6.00. The van der Waals surface area contributed by atoms with Crippen LogP contribution in [0.1, 0.15) is 6.92 Å². The zero-order valence-electron chi connectivity index (χ0n) is 10.9. The van der Waals surface area contributed by atoms with Crippen LogP contribution >= 0.6 is 34.8 Å². The van der Waals surface area contributed by atoms with Gasteiger partial charge in [0.05, 0.1) is 10.0 Å². The number of nitrogens with one attached hydrogen (secondary N) is 1. The Balaban J connectivity index is 2.02. The van der Waals surface area contributed by atoms with Crippen LogP contribution in [0.4, 0.5) is 5.82 Å². The predicted molar refractivity (Wildman–Crippen MR) is 84.4 cm³/mol. The molecule has 1 aromatic carbocycles. The first kappa shape index (κ1) is 15.9. The summed E-state index contributed by atoms with van der Waals surface area (Å²) < 4.78 is 5.50. The van der Waals surface area contributed by atoms with Crippen molar-refractivity contribution in [1.29, 1.82) is 0 Å². The molecule has 2 aromatic rings. The highest BCUT2D eigenvalue weighted by atomic mass is 35.5. The van der Waals surface area contributed by atoms with Crippen LogP contribution in [-0.2, 0) is 4.79 Å². The SMILES string of the molecule is C[C@H](Oc1cc(Cl)ccc1Cl)C(=O)Nc1ccc(Cl)cn1.